The van der Waals surface area contributed by atoms with Crippen LogP contribution in [0.2, 0.25) is 0 Å². The van der Waals surface area contributed by atoms with E-state index in [9.17, 15) is 0 Å². The zero-order valence-corrected chi connectivity index (χ0v) is 9.14. The van der Waals surface area contributed by atoms with Crippen LogP contribution in [-0.4, -0.2) is 0 Å². The Labute approximate surface area is 78.0 Å². The Balaban J connectivity index is 3.32. The van der Waals surface area contributed by atoms with E-state index >= 15 is 0 Å². The lowest BCUT2D eigenvalue weighted by Crippen LogP contribution is -1.98. The van der Waals surface area contributed by atoms with E-state index < -0.39 is 0 Å². The largest absolute Gasteiger partial charge is 0.105 e. The van der Waals surface area contributed by atoms with Crippen LogP contribution in [0.5, 0.6) is 0 Å². The van der Waals surface area contributed by atoms with Crippen molar-refractivity contribution in [1.82, 2.24) is 0 Å². The smallest absolute Gasteiger partial charge is 0.0256 e. The second-order valence-corrected chi connectivity index (χ2v) is 3.96. The molecule has 0 N–H and O–H groups in total. The summed E-state index contributed by atoms with van der Waals surface area (Å²) in [5.74, 6) is 0. The molecule has 0 saturated carbocycles. The van der Waals surface area contributed by atoms with Gasteiger partial charge < -0.3 is 0 Å². The Morgan fingerprint density at radius 2 is 2.18 bits per heavy atom. The Hall–Kier alpha value is -0.130. The fraction of sp³-hybridized carbons (Fsp3) is 0.111. The van der Waals surface area contributed by atoms with Gasteiger partial charge in [-0.3, -0.25) is 0 Å². The molecule has 1 rings (SSSR count). The Kier molecular flexibility index (Phi) is 2.86. The summed E-state index contributed by atoms with van der Waals surface area (Å²) < 4.78 is 1.11. The molecule has 1 unspecified atom stereocenters. The van der Waals surface area contributed by atoms with Gasteiger partial charge in [0.25, 0.3) is 0 Å². The molecule has 0 heterocycles. The summed E-state index contributed by atoms with van der Waals surface area (Å²) in [6.45, 7) is 5.91. The number of hydrogen-bond donors (Lipinski definition) is 0. The average Bonchev–Trinajstić information content (AvgIpc) is 1.85. The molecule has 0 amide bonds. The summed E-state index contributed by atoms with van der Waals surface area (Å²) in [6, 6.07) is 6.09. The van der Waals surface area contributed by atoms with Crippen molar-refractivity contribution >= 4 is 36.0 Å². The highest BCUT2D eigenvalue weighted by atomic mass is 79.9. The van der Waals surface area contributed by atoms with E-state index in [1.807, 2.05) is 19.1 Å². The van der Waals surface area contributed by atoms with E-state index in [0.717, 1.165) is 10.0 Å². The van der Waals surface area contributed by atoms with Crippen LogP contribution >= 0.6 is 25.2 Å². The van der Waals surface area contributed by atoms with Gasteiger partial charge in [-0.2, -0.15) is 0 Å². The molecule has 2 heteroatoms. The molecule has 0 aromatic heterocycles. The predicted octanol–water partition coefficient (Wildman–Crippen LogP) is 2.98. The molecule has 0 fully saturated rings. The summed E-state index contributed by atoms with van der Waals surface area (Å²) in [5, 5.41) is 1.19. The van der Waals surface area contributed by atoms with Crippen LogP contribution in [0.15, 0.2) is 29.3 Å². The van der Waals surface area contributed by atoms with E-state index in [1.165, 1.54) is 10.9 Å². The molecule has 0 aliphatic heterocycles. The monoisotopic (exact) mass is 228 g/mol. The second-order valence-electron chi connectivity index (χ2n) is 2.48. The van der Waals surface area contributed by atoms with Crippen molar-refractivity contribution in [3.63, 3.8) is 0 Å². The molecular weight excluding hydrogens is 219 g/mol. The predicted molar refractivity (Wildman–Crippen MR) is 58.2 cm³/mol. The lowest BCUT2D eigenvalue weighted by Gasteiger charge is -2.06. The summed E-state index contributed by atoms with van der Waals surface area (Å²) in [6.07, 6.45) is 0. The summed E-state index contributed by atoms with van der Waals surface area (Å²) in [4.78, 5) is 0. The maximum absolute atomic E-state index is 3.90. The van der Waals surface area contributed by atoms with Gasteiger partial charge >= 0.3 is 0 Å². The van der Waals surface area contributed by atoms with Crippen molar-refractivity contribution in [1.29, 1.82) is 0 Å². The second kappa shape index (κ2) is 3.51. The summed E-state index contributed by atoms with van der Waals surface area (Å²) >= 11 is 3.47. The zero-order chi connectivity index (χ0) is 8.43. The van der Waals surface area contributed by atoms with Gasteiger partial charge in [0.2, 0.25) is 0 Å². The third-order valence-electron chi connectivity index (χ3n) is 1.47. The van der Waals surface area contributed by atoms with Crippen molar-refractivity contribution in [2.75, 3.05) is 0 Å². The quantitative estimate of drug-likeness (QED) is 0.649. The summed E-state index contributed by atoms with van der Waals surface area (Å²) in [7, 11) is 2.70. The molecule has 0 radical (unpaired) electrons. The normalized spacial score (nSPS) is 9.73. The van der Waals surface area contributed by atoms with E-state index in [1.54, 1.807) is 0 Å². The van der Waals surface area contributed by atoms with Gasteiger partial charge in [0.05, 0.1) is 0 Å². The van der Waals surface area contributed by atoms with Crippen molar-refractivity contribution in [2.45, 2.75) is 6.92 Å². The first-order chi connectivity index (χ1) is 5.13. The number of rotatable bonds is 1. The van der Waals surface area contributed by atoms with Crippen LogP contribution in [0.3, 0.4) is 0 Å². The van der Waals surface area contributed by atoms with E-state index in [0.29, 0.717) is 0 Å². The minimum atomic E-state index is 1.09. The van der Waals surface area contributed by atoms with Gasteiger partial charge in [-0.15, -0.1) is 9.24 Å². The first-order valence-electron chi connectivity index (χ1n) is 3.33. The lowest BCUT2D eigenvalue weighted by molar-refractivity contribution is 1.58. The van der Waals surface area contributed by atoms with Gasteiger partial charge in [0.1, 0.15) is 0 Å². The maximum Gasteiger partial charge on any atom is 0.0256 e. The molecule has 1 aromatic carbocycles. The fourth-order valence-corrected chi connectivity index (χ4v) is 2.44. The maximum atomic E-state index is 3.90. The van der Waals surface area contributed by atoms with Crippen LogP contribution in [0, 0.1) is 0 Å². The topological polar surface area (TPSA) is 0 Å². The number of benzene rings is 1. The molecule has 0 nitrogen and oxygen atoms in total. The van der Waals surface area contributed by atoms with E-state index in [2.05, 4.69) is 37.8 Å². The van der Waals surface area contributed by atoms with Crippen LogP contribution in [-0.2, 0) is 0 Å². The molecule has 1 aromatic rings. The SMILES string of the molecule is C=C(C)c1c(P)cccc1Br. The Morgan fingerprint density at radius 3 is 2.55 bits per heavy atom. The highest BCUT2D eigenvalue weighted by molar-refractivity contribution is 9.10. The van der Waals surface area contributed by atoms with Crippen molar-refractivity contribution in [3.8, 4) is 0 Å². The third-order valence-corrected chi connectivity index (χ3v) is 2.61. The minimum Gasteiger partial charge on any atom is -0.105 e. The molecule has 1 atom stereocenters. The summed E-state index contributed by atoms with van der Waals surface area (Å²) in [5.41, 5.74) is 2.28. The standard InChI is InChI=1S/C9H10BrP/c1-6(2)9-7(10)4-3-5-8(9)11/h3-5H,1,11H2,2H3. The third kappa shape index (κ3) is 1.91. The van der Waals surface area contributed by atoms with Crippen LogP contribution in [0.4, 0.5) is 0 Å². The van der Waals surface area contributed by atoms with Crippen molar-refractivity contribution in [2.24, 2.45) is 0 Å². The van der Waals surface area contributed by atoms with Crippen LogP contribution in [0.1, 0.15) is 12.5 Å². The minimum absolute atomic E-state index is 1.09. The first kappa shape index (κ1) is 8.96. The van der Waals surface area contributed by atoms with E-state index in [-0.39, 0.29) is 0 Å². The van der Waals surface area contributed by atoms with Crippen LogP contribution < -0.4 is 5.30 Å². The molecule has 0 saturated heterocycles. The number of halogens is 1. The molecule has 58 valence electrons. The molecule has 11 heavy (non-hydrogen) atoms. The van der Waals surface area contributed by atoms with Crippen molar-refractivity contribution < 1.29 is 0 Å². The van der Waals surface area contributed by atoms with Gasteiger partial charge in [-0.1, -0.05) is 34.6 Å². The van der Waals surface area contributed by atoms with Gasteiger partial charge in [0.15, 0.2) is 0 Å². The average molecular weight is 229 g/mol. The molecule has 0 aliphatic rings. The molecule has 0 aliphatic carbocycles. The molecule has 0 bridgehead atoms. The van der Waals surface area contributed by atoms with Gasteiger partial charge in [0, 0.05) is 4.47 Å². The Morgan fingerprint density at radius 1 is 1.55 bits per heavy atom. The lowest BCUT2D eigenvalue weighted by atomic mass is 10.1. The molecule has 0 spiro atoms. The van der Waals surface area contributed by atoms with E-state index in [4.69, 9.17) is 0 Å². The first-order valence-corrected chi connectivity index (χ1v) is 4.70. The Bertz CT molecular complexity index is 271. The number of allylic oxidation sites excluding steroid dienone is 1. The number of hydrogen-bond acceptors (Lipinski definition) is 0. The van der Waals surface area contributed by atoms with Crippen LogP contribution in [0.25, 0.3) is 5.57 Å². The van der Waals surface area contributed by atoms with Gasteiger partial charge in [-0.05, 0) is 29.4 Å². The zero-order valence-electron chi connectivity index (χ0n) is 6.39. The van der Waals surface area contributed by atoms with Gasteiger partial charge in [-0.25, -0.2) is 0 Å². The van der Waals surface area contributed by atoms with Crippen molar-refractivity contribution in [3.05, 3.63) is 34.8 Å². The fourth-order valence-electron chi connectivity index (χ4n) is 0.991. The highest BCUT2D eigenvalue weighted by Gasteiger charge is 2.02. The highest BCUT2D eigenvalue weighted by Crippen LogP contribution is 2.21. The molecular formula is C9H10BrP.